The zero-order valence-electron chi connectivity index (χ0n) is 11.2. The van der Waals surface area contributed by atoms with Crippen molar-refractivity contribution >= 4 is 5.78 Å². The lowest BCUT2D eigenvalue weighted by Gasteiger charge is -2.14. The monoisotopic (exact) mass is 237 g/mol. The van der Waals surface area contributed by atoms with Gasteiger partial charge in [0.05, 0.1) is 5.69 Å². The highest BCUT2D eigenvalue weighted by atomic mass is 16.1. The molecule has 4 nitrogen and oxygen atoms in total. The SMILES string of the molecule is CCn1nc(C)cc1CC(=O)CC(N)C(C)C. The quantitative estimate of drug-likeness (QED) is 0.819. The molecule has 0 aliphatic rings. The van der Waals surface area contributed by atoms with Crippen LogP contribution in [0.4, 0.5) is 0 Å². The summed E-state index contributed by atoms with van der Waals surface area (Å²) in [5, 5.41) is 4.33. The molecule has 0 spiro atoms. The molecule has 1 aromatic rings. The Kier molecular flexibility index (Phi) is 4.87. The average Bonchev–Trinajstić information content (AvgIpc) is 2.58. The van der Waals surface area contributed by atoms with Crippen LogP contribution < -0.4 is 5.73 Å². The van der Waals surface area contributed by atoms with Crippen LogP contribution >= 0.6 is 0 Å². The molecule has 0 aliphatic heterocycles. The number of nitrogens with two attached hydrogens (primary N) is 1. The van der Waals surface area contributed by atoms with Crippen LogP contribution in [0.1, 0.15) is 38.6 Å². The van der Waals surface area contributed by atoms with E-state index in [1.807, 2.05) is 38.4 Å². The molecule has 1 rings (SSSR count). The number of carbonyl (C=O) groups excluding carboxylic acids is 1. The summed E-state index contributed by atoms with van der Waals surface area (Å²) in [6.07, 6.45) is 0.890. The summed E-state index contributed by atoms with van der Waals surface area (Å²) in [6.45, 7) is 8.85. The van der Waals surface area contributed by atoms with Gasteiger partial charge < -0.3 is 5.73 Å². The summed E-state index contributed by atoms with van der Waals surface area (Å²) in [6, 6.07) is 1.93. The van der Waals surface area contributed by atoms with Crippen molar-refractivity contribution in [3.05, 3.63) is 17.5 Å². The first kappa shape index (κ1) is 13.9. The summed E-state index contributed by atoms with van der Waals surface area (Å²) < 4.78 is 1.88. The van der Waals surface area contributed by atoms with Crippen LogP contribution in [0.25, 0.3) is 0 Å². The van der Waals surface area contributed by atoms with Gasteiger partial charge in [-0.2, -0.15) is 5.10 Å². The number of ketones is 1. The lowest BCUT2D eigenvalue weighted by atomic mass is 9.98. The van der Waals surface area contributed by atoms with Crippen LogP contribution in [0.2, 0.25) is 0 Å². The Morgan fingerprint density at radius 3 is 2.71 bits per heavy atom. The van der Waals surface area contributed by atoms with E-state index in [1.54, 1.807) is 0 Å². The van der Waals surface area contributed by atoms with Crippen molar-refractivity contribution in [2.75, 3.05) is 0 Å². The van der Waals surface area contributed by atoms with E-state index in [-0.39, 0.29) is 11.8 Å². The molecule has 0 saturated carbocycles. The molecule has 96 valence electrons. The Morgan fingerprint density at radius 2 is 2.18 bits per heavy atom. The third kappa shape index (κ3) is 3.97. The molecule has 4 heteroatoms. The minimum atomic E-state index is -0.0402. The molecule has 0 saturated heterocycles. The van der Waals surface area contributed by atoms with E-state index in [9.17, 15) is 4.79 Å². The lowest BCUT2D eigenvalue weighted by Crippen LogP contribution is -2.30. The minimum Gasteiger partial charge on any atom is -0.327 e. The first-order valence-electron chi connectivity index (χ1n) is 6.24. The number of carbonyl (C=O) groups is 1. The van der Waals surface area contributed by atoms with Crippen LogP contribution in [-0.2, 0) is 17.8 Å². The molecular formula is C13H23N3O. The number of nitrogens with zero attached hydrogens (tertiary/aromatic N) is 2. The fraction of sp³-hybridized carbons (Fsp3) is 0.692. The molecule has 1 unspecified atom stereocenters. The fourth-order valence-electron chi connectivity index (χ4n) is 1.79. The Hall–Kier alpha value is -1.16. The number of Topliss-reactive ketones (excluding diaryl/α,β-unsaturated/α-hetero) is 1. The first-order valence-corrected chi connectivity index (χ1v) is 6.24. The highest BCUT2D eigenvalue weighted by Gasteiger charge is 2.15. The largest absolute Gasteiger partial charge is 0.327 e. The Labute approximate surface area is 103 Å². The van der Waals surface area contributed by atoms with Crippen molar-refractivity contribution in [2.45, 2.75) is 53.1 Å². The number of aryl methyl sites for hydroxylation is 2. The number of rotatable bonds is 6. The van der Waals surface area contributed by atoms with Crippen LogP contribution in [0.15, 0.2) is 6.07 Å². The summed E-state index contributed by atoms with van der Waals surface area (Å²) in [5.74, 6) is 0.539. The maximum atomic E-state index is 11.9. The van der Waals surface area contributed by atoms with E-state index in [4.69, 9.17) is 5.73 Å². The van der Waals surface area contributed by atoms with Gasteiger partial charge in [-0.3, -0.25) is 9.48 Å². The number of hydrogen-bond acceptors (Lipinski definition) is 3. The molecule has 2 N–H and O–H groups in total. The van der Waals surface area contributed by atoms with Gasteiger partial charge in [0.15, 0.2) is 0 Å². The van der Waals surface area contributed by atoms with Gasteiger partial charge in [0.1, 0.15) is 5.78 Å². The predicted molar refractivity (Wildman–Crippen MR) is 68.8 cm³/mol. The molecule has 0 fully saturated rings. The average molecular weight is 237 g/mol. The van der Waals surface area contributed by atoms with Gasteiger partial charge in [0.25, 0.3) is 0 Å². The number of aromatic nitrogens is 2. The second-order valence-corrected chi connectivity index (χ2v) is 4.92. The van der Waals surface area contributed by atoms with E-state index < -0.39 is 0 Å². The molecule has 0 amide bonds. The molecule has 0 bridgehead atoms. The van der Waals surface area contributed by atoms with Crippen LogP contribution in [0, 0.1) is 12.8 Å². The van der Waals surface area contributed by atoms with Gasteiger partial charge in [0, 0.05) is 31.1 Å². The van der Waals surface area contributed by atoms with E-state index in [0.717, 1.165) is 17.9 Å². The zero-order chi connectivity index (χ0) is 13.0. The van der Waals surface area contributed by atoms with E-state index >= 15 is 0 Å². The van der Waals surface area contributed by atoms with Gasteiger partial charge in [-0.25, -0.2) is 0 Å². The van der Waals surface area contributed by atoms with Crippen LogP contribution in [0.3, 0.4) is 0 Å². The summed E-state index contributed by atoms with van der Waals surface area (Å²) in [5.41, 5.74) is 7.86. The van der Waals surface area contributed by atoms with Gasteiger partial charge in [-0.05, 0) is 25.8 Å². The van der Waals surface area contributed by atoms with Crippen molar-refractivity contribution < 1.29 is 4.79 Å². The summed E-state index contributed by atoms with van der Waals surface area (Å²) in [7, 11) is 0. The lowest BCUT2D eigenvalue weighted by molar-refractivity contribution is -0.119. The maximum Gasteiger partial charge on any atom is 0.140 e. The molecule has 0 radical (unpaired) electrons. The molecule has 1 heterocycles. The molecular weight excluding hydrogens is 214 g/mol. The highest BCUT2D eigenvalue weighted by Crippen LogP contribution is 2.09. The van der Waals surface area contributed by atoms with Crippen molar-refractivity contribution in [3.63, 3.8) is 0 Å². The molecule has 17 heavy (non-hydrogen) atoms. The normalized spacial score (nSPS) is 13.1. The maximum absolute atomic E-state index is 11.9. The molecule has 0 aromatic carbocycles. The topological polar surface area (TPSA) is 60.9 Å². The van der Waals surface area contributed by atoms with Crippen molar-refractivity contribution in [1.82, 2.24) is 9.78 Å². The Balaban J connectivity index is 2.61. The van der Waals surface area contributed by atoms with Crippen LogP contribution in [0.5, 0.6) is 0 Å². The first-order chi connectivity index (χ1) is 7.93. The fourth-order valence-corrected chi connectivity index (χ4v) is 1.79. The standard InChI is InChI=1S/C13H23N3O/c1-5-16-11(6-10(4)15-16)7-12(17)8-13(14)9(2)3/h6,9,13H,5,7-8,14H2,1-4H3. The van der Waals surface area contributed by atoms with E-state index in [0.29, 0.717) is 18.8 Å². The summed E-state index contributed by atoms with van der Waals surface area (Å²) in [4.78, 5) is 11.9. The third-order valence-corrected chi connectivity index (χ3v) is 2.98. The van der Waals surface area contributed by atoms with Crippen LogP contribution in [-0.4, -0.2) is 21.6 Å². The second kappa shape index (κ2) is 5.96. The van der Waals surface area contributed by atoms with E-state index in [1.165, 1.54) is 0 Å². The predicted octanol–water partition coefficient (Wildman–Crippen LogP) is 1.70. The van der Waals surface area contributed by atoms with Gasteiger partial charge in [-0.15, -0.1) is 0 Å². The number of hydrogen-bond donors (Lipinski definition) is 1. The molecule has 1 atom stereocenters. The second-order valence-electron chi connectivity index (χ2n) is 4.92. The minimum absolute atomic E-state index is 0.0402. The Morgan fingerprint density at radius 1 is 1.53 bits per heavy atom. The van der Waals surface area contributed by atoms with Crippen molar-refractivity contribution in [2.24, 2.45) is 11.7 Å². The smallest absolute Gasteiger partial charge is 0.140 e. The van der Waals surface area contributed by atoms with Crippen molar-refractivity contribution in [3.8, 4) is 0 Å². The van der Waals surface area contributed by atoms with Gasteiger partial charge in [0.2, 0.25) is 0 Å². The third-order valence-electron chi connectivity index (χ3n) is 2.98. The van der Waals surface area contributed by atoms with Crippen molar-refractivity contribution in [1.29, 1.82) is 0 Å². The molecule has 1 aromatic heterocycles. The van der Waals surface area contributed by atoms with Gasteiger partial charge in [-0.1, -0.05) is 13.8 Å². The van der Waals surface area contributed by atoms with E-state index in [2.05, 4.69) is 5.10 Å². The summed E-state index contributed by atoms with van der Waals surface area (Å²) >= 11 is 0. The van der Waals surface area contributed by atoms with Gasteiger partial charge >= 0.3 is 0 Å². The Bertz CT molecular complexity index is 382. The molecule has 0 aliphatic carbocycles. The zero-order valence-corrected chi connectivity index (χ0v) is 11.2. The highest BCUT2D eigenvalue weighted by molar-refractivity contribution is 5.81.